The Hall–Kier alpha value is -1.32. The fourth-order valence-electron chi connectivity index (χ4n) is 2.58. The Balaban J connectivity index is 0.00000200. The van der Waals surface area contributed by atoms with Crippen LogP contribution >= 0.6 is 12.4 Å². The summed E-state index contributed by atoms with van der Waals surface area (Å²) < 4.78 is 5.32. The maximum Gasteiger partial charge on any atom is 0.163 e. The van der Waals surface area contributed by atoms with E-state index in [1.54, 1.807) is 7.11 Å². The van der Waals surface area contributed by atoms with Gasteiger partial charge in [0.25, 0.3) is 0 Å². The molecule has 0 aliphatic heterocycles. The van der Waals surface area contributed by atoms with Crippen LogP contribution < -0.4 is 4.74 Å². The van der Waals surface area contributed by atoms with Crippen LogP contribution in [0.25, 0.3) is 6.08 Å². The molecule has 0 N–H and O–H groups in total. The van der Waals surface area contributed by atoms with Gasteiger partial charge in [-0.1, -0.05) is 18.2 Å². The van der Waals surface area contributed by atoms with E-state index in [1.807, 2.05) is 44.4 Å². The second kappa shape index (κ2) is 7.46. The van der Waals surface area contributed by atoms with Crippen molar-refractivity contribution in [3.63, 3.8) is 0 Å². The zero-order valence-electron chi connectivity index (χ0n) is 12.3. The summed E-state index contributed by atoms with van der Waals surface area (Å²) in [5.41, 5.74) is 1.91. The van der Waals surface area contributed by atoms with Crippen LogP contribution in [0, 0.1) is 5.92 Å². The van der Waals surface area contributed by atoms with Crippen LogP contribution in [0.15, 0.2) is 29.8 Å². The summed E-state index contributed by atoms with van der Waals surface area (Å²) in [6.07, 6.45) is 3.81. The van der Waals surface area contributed by atoms with Crippen molar-refractivity contribution in [2.45, 2.75) is 12.8 Å². The van der Waals surface area contributed by atoms with E-state index in [0.29, 0.717) is 5.78 Å². The lowest BCUT2D eigenvalue weighted by molar-refractivity contribution is -0.118. The molecule has 0 bridgehead atoms. The van der Waals surface area contributed by atoms with Gasteiger partial charge in [0.2, 0.25) is 0 Å². The summed E-state index contributed by atoms with van der Waals surface area (Å²) in [7, 11) is 5.67. The van der Waals surface area contributed by atoms with E-state index in [9.17, 15) is 4.79 Å². The van der Waals surface area contributed by atoms with Gasteiger partial charge >= 0.3 is 0 Å². The molecule has 0 spiro atoms. The first-order chi connectivity index (χ1) is 9.11. The highest BCUT2D eigenvalue weighted by Crippen LogP contribution is 2.30. The molecule has 0 radical (unpaired) electrons. The topological polar surface area (TPSA) is 29.5 Å². The maximum atomic E-state index is 12.3. The van der Waals surface area contributed by atoms with E-state index >= 15 is 0 Å². The lowest BCUT2D eigenvalue weighted by Crippen LogP contribution is -2.24. The van der Waals surface area contributed by atoms with Crippen LogP contribution in [0.2, 0.25) is 0 Å². The third-order valence-corrected chi connectivity index (χ3v) is 3.50. The lowest BCUT2D eigenvalue weighted by Gasteiger charge is -2.13. The van der Waals surface area contributed by atoms with Gasteiger partial charge in [0.1, 0.15) is 5.75 Å². The van der Waals surface area contributed by atoms with E-state index in [0.717, 1.165) is 36.3 Å². The Morgan fingerprint density at radius 3 is 2.70 bits per heavy atom. The van der Waals surface area contributed by atoms with Crippen LogP contribution in [0.1, 0.15) is 18.4 Å². The molecule has 110 valence electrons. The average molecular weight is 296 g/mol. The number of hydrogen-bond donors (Lipinski definition) is 0. The number of ether oxygens (including phenoxy) is 1. The largest absolute Gasteiger partial charge is 0.496 e. The molecule has 3 nitrogen and oxygen atoms in total. The van der Waals surface area contributed by atoms with Gasteiger partial charge in [-0.25, -0.2) is 0 Å². The molecule has 0 heterocycles. The summed E-state index contributed by atoms with van der Waals surface area (Å²) in [5, 5.41) is 0. The molecule has 0 aromatic heterocycles. The number of para-hydroxylation sites is 1. The molecule has 1 aliphatic carbocycles. The number of Topliss-reactive ketones (excluding diaryl/α,β-unsaturated/α-hetero) is 1. The first kappa shape index (κ1) is 16.7. The van der Waals surface area contributed by atoms with Crippen molar-refractivity contribution in [1.29, 1.82) is 0 Å². The van der Waals surface area contributed by atoms with Crippen LogP contribution in [0.4, 0.5) is 0 Å². The summed E-state index contributed by atoms with van der Waals surface area (Å²) in [6, 6.07) is 7.80. The number of methoxy groups -OCH3 is 1. The molecule has 1 unspecified atom stereocenters. The molecule has 1 fully saturated rings. The number of carbonyl (C=O) groups excluding carboxylic acids is 1. The van der Waals surface area contributed by atoms with Gasteiger partial charge in [-0.15, -0.1) is 12.4 Å². The minimum Gasteiger partial charge on any atom is -0.496 e. The first-order valence-corrected chi connectivity index (χ1v) is 6.64. The zero-order chi connectivity index (χ0) is 13.8. The first-order valence-electron chi connectivity index (χ1n) is 6.64. The van der Waals surface area contributed by atoms with Crippen molar-refractivity contribution in [2.24, 2.45) is 5.92 Å². The number of rotatable bonds is 4. The number of ketones is 1. The number of halogens is 1. The number of benzene rings is 1. The molecule has 1 aromatic carbocycles. The summed E-state index contributed by atoms with van der Waals surface area (Å²) >= 11 is 0. The van der Waals surface area contributed by atoms with Crippen LogP contribution in [-0.2, 0) is 4.79 Å². The van der Waals surface area contributed by atoms with Crippen LogP contribution in [0.5, 0.6) is 5.75 Å². The normalized spacial score (nSPS) is 20.3. The summed E-state index contributed by atoms with van der Waals surface area (Å²) in [5.74, 6) is 1.26. The van der Waals surface area contributed by atoms with Gasteiger partial charge < -0.3 is 9.64 Å². The third-order valence-electron chi connectivity index (χ3n) is 3.50. The number of hydrogen-bond acceptors (Lipinski definition) is 3. The highest BCUT2D eigenvalue weighted by Gasteiger charge is 2.29. The third kappa shape index (κ3) is 3.84. The Kier molecular flexibility index (Phi) is 6.24. The van der Waals surface area contributed by atoms with E-state index in [2.05, 4.69) is 4.90 Å². The van der Waals surface area contributed by atoms with Gasteiger partial charge in [0.15, 0.2) is 5.78 Å². The minimum absolute atomic E-state index is 0. The van der Waals surface area contributed by atoms with Gasteiger partial charge in [0.05, 0.1) is 7.11 Å². The molecule has 2 rings (SSSR count). The Morgan fingerprint density at radius 2 is 2.05 bits per heavy atom. The van der Waals surface area contributed by atoms with E-state index in [-0.39, 0.29) is 18.3 Å². The Labute approximate surface area is 127 Å². The number of allylic oxidation sites excluding steroid dienone is 1. The maximum absolute atomic E-state index is 12.3. The quantitative estimate of drug-likeness (QED) is 0.800. The Morgan fingerprint density at radius 1 is 1.35 bits per heavy atom. The molecule has 0 saturated heterocycles. The smallest absolute Gasteiger partial charge is 0.163 e. The van der Waals surface area contributed by atoms with Crippen molar-refractivity contribution < 1.29 is 9.53 Å². The molecule has 1 aromatic rings. The second-order valence-corrected chi connectivity index (χ2v) is 5.27. The molecule has 20 heavy (non-hydrogen) atoms. The second-order valence-electron chi connectivity index (χ2n) is 5.27. The van der Waals surface area contributed by atoms with Gasteiger partial charge in [-0.3, -0.25) is 4.79 Å². The van der Waals surface area contributed by atoms with E-state index < -0.39 is 0 Å². The predicted molar refractivity (Wildman–Crippen MR) is 84.5 cm³/mol. The fourth-order valence-corrected chi connectivity index (χ4v) is 2.58. The summed E-state index contributed by atoms with van der Waals surface area (Å²) in [4.78, 5) is 14.4. The molecule has 1 atom stereocenters. The van der Waals surface area contributed by atoms with E-state index in [4.69, 9.17) is 4.74 Å². The molecule has 0 amide bonds. The van der Waals surface area contributed by atoms with Crippen LogP contribution in [-0.4, -0.2) is 38.4 Å². The number of carbonyl (C=O) groups is 1. The van der Waals surface area contributed by atoms with Crippen molar-refractivity contribution in [3.8, 4) is 5.75 Å². The van der Waals surface area contributed by atoms with Crippen molar-refractivity contribution >= 4 is 24.3 Å². The Bertz CT molecular complexity index is 497. The van der Waals surface area contributed by atoms with Gasteiger partial charge in [-0.2, -0.15) is 0 Å². The summed E-state index contributed by atoms with van der Waals surface area (Å²) in [6.45, 7) is 0.835. The molecule has 1 saturated carbocycles. The molecule has 4 heteroatoms. The zero-order valence-corrected chi connectivity index (χ0v) is 13.1. The minimum atomic E-state index is 0. The fraction of sp³-hybridized carbons (Fsp3) is 0.438. The molecule has 1 aliphatic rings. The highest BCUT2D eigenvalue weighted by atomic mass is 35.5. The number of nitrogens with zero attached hydrogens (tertiary/aromatic N) is 1. The molecular weight excluding hydrogens is 274 g/mol. The van der Waals surface area contributed by atoms with Gasteiger partial charge in [-0.05, 0) is 44.7 Å². The van der Waals surface area contributed by atoms with E-state index in [1.165, 1.54) is 0 Å². The lowest BCUT2D eigenvalue weighted by atomic mass is 10.0. The molecular formula is C16H22ClNO2. The highest BCUT2D eigenvalue weighted by molar-refractivity contribution is 6.03. The van der Waals surface area contributed by atoms with Crippen molar-refractivity contribution in [3.05, 3.63) is 35.4 Å². The predicted octanol–water partition coefficient (Wildman–Crippen LogP) is 3.04. The average Bonchev–Trinajstić information content (AvgIpc) is 2.72. The SMILES string of the molecule is COc1ccccc1/C=C1/CCC(CN(C)C)C1=O.Cl. The van der Waals surface area contributed by atoms with Crippen molar-refractivity contribution in [1.82, 2.24) is 4.90 Å². The monoisotopic (exact) mass is 295 g/mol. The van der Waals surface area contributed by atoms with Crippen molar-refractivity contribution in [2.75, 3.05) is 27.7 Å². The standard InChI is InChI=1S/C16H21NO2.ClH/c1-17(2)11-14-9-8-13(16(14)18)10-12-6-4-5-7-15(12)19-3;/h4-7,10,14H,8-9,11H2,1-3H3;1H/b13-10-;. The van der Waals surface area contributed by atoms with Gasteiger partial charge in [0, 0.05) is 18.0 Å². The van der Waals surface area contributed by atoms with Crippen LogP contribution in [0.3, 0.4) is 0 Å².